The third-order valence-corrected chi connectivity index (χ3v) is 7.66. The number of fused-ring (bicyclic) bond motifs is 5. The van der Waals surface area contributed by atoms with Crippen molar-refractivity contribution in [2.24, 2.45) is 23.7 Å². The molecule has 2 fully saturated rings. The van der Waals surface area contributed by atoms with Crippen molar-refractivity contribution in [1.82, 2.24) is 0 Å². The summed E-state index contributed by atoms with van der Waals surface area (Å²) in [4.78, 5) is 12.6. The van der Waals surface area contributed by atoms with E-state index in [1.165, 1.54) is 23.1 Å². The first-order chi connectivity index (χ1) is 14.2. The zero-order chi connectivity index (χ0) is 19.8. The van der Waals surface area contributed by atoms with Crippen LogP contribution >= 0.6 is 0 Å². The summed E-state index contributed by atoms with van der Waals surface area (Å²) < 4.78 is 6.07. The molecule has 5 atom stereocenters. The van der Waals surface area contributed by atoms with Gasteiger partial charge in [-0.1, -0.05) is 42.5 Å². The molecule has 0 radical (unpaired) electrons. The van der Waals surface area contributed by atoms with Gasteiger partial charge in [0, 0.05) is 12.3 Å². The second-order valence-electron chi connectivity index (χ2n) is 9.16. The average molecular weight is 387 g/mol. The van der Waals surface area contributed by atoms with E-state index in [1.54, 1.807) is 0 Å². The summed E-state index contributed by atoms with van der Waals surface area (Å²) in [6.45, 7) is 4.56. The first-order valence-corrected chi connectivity index (χ1v) is 11.2. The summed E-state index contributed by atoms with van der Waals surface area (Å²) in [6.07, 6.45) is 8.36. The first-order valence-electron chi connectivity index (χ1n) is 11.2. The number of ketones is 1. The molecule has 0 heterocycles. The lowest BCUT2D eigenvalue weighted by Crippen LogP contribution is -2.38. The number of allylic oxidation sites excluding steroid dienone is 1. The summed E-state index contributed by atoms with van der Waals surface area (Å²) in [5, 5.41) is 0. The molecule has 3 aliphatic rings. The molecule has 5 unspecified atom stereocenters. The largest absolute Gasteiger partial charge is 0.489 e. The number of aryl methyl sites for hydroxylation is 1. The Hall–Kier alpha value is -2.35. The third-order valence-electron chi connectivity index (χ3n) is 7.66. The zero-order valence-electron chi connectivity index (χ0n) is 17.1. The van der Waals surface area contributed by atoms with Crippen LogP contribution in [0.4, 0.5) is 0 Å². The number of hydrogen-bond acceptors (Lipinski definition) is 2. The van der Waals surface area contributed by atoms with E-state index in [2.05, 4.69) is 49.0 Å². The quantitative estimate of drug-likeness (QED) is 0.580. The highest BCUT2D eigenvalue weighted by molar-refractivity contribution is 5.84. The fourth-order valence-corrected chi connectivity index (χ4v) is 6.48. The van der Waals surface area contributed by atoms with Crippen molar-refractivity contribution in [3.63, 3.8) is 0 Å². The van der Waals surface area contributed by atoms with Gasteiger partial charge in [-0.25, -0.2) is 0 Å². The summed E-state index contributed by atoms with van der Waals surface area (Å²) in [6, 6.07) is 17.1. The smallest absolute Gasteiger partial charge is 0.136 e. The minimum absolute atomic E-state index is 0.316. The van der Waals surface area contributed by atoms with Crippen molar-refractivity contribution >= 4 is 5.78 Å². The fourth-order valence-electron chi connectivity index (χ4n) is 6.48. The molecule has 0 amide bonds. The second-order valence-corrected chi connectivity index (χ2v) is 9.16. The van der Waals surface area contributed by atoms with Crippen molar-refractivity contribution in [1.29, 1.82) is 0 Å². The second kappa shape index (κ2) is 7.82. The molecule has 0 N–H and O–H groups in total. The van der Waals surface area contributed by atoms with Gasteiger partial charge in [-0.2, -0.15) is 0 Å². The fraction of sp³-hybridized carbons (Fsp3) is 0.444. The number of rotatable bonds is 5. The van der Waals surface area contributed by atoms with Crippen molar-refractivity contribution in [3.05, 3.63) is 77.9 Å². The molecule has 2 saturated carbocycles. The van der Waals surface area contributed by atoms with Crippen LogP contribution < -0.4 is 4.74 Å². The number of carbonyl (C=O) groups is 1. The Balaban J connectivity index is 1.35. The lowest BCUT2D eigenvalue weighted by molar-refractivity contribution is -0.122. The van der Waals surface area contributed by atoms with Crippen LogP contribution in [0.5, 0.6) is 5.75 Å². The van der Waals surface area contributed by atoms with Gasteiger partial charge in [-0.05, 0) is 84.6 Å². The lowest BCUT2D eigenvalue weighted by Gasteiger charge is -2.45. The van der Waals surface area contributed by atoms with E-state index in [4.69, 9.17) is 4.74 Å². The van der Waals surface area contributed by atoms with E-state index in [1.807, 2.05) is 12.1 Å². The zero-order valence-corrected chi connectivity index (χ0v) is 17.1. The summed E-state index contributed by atoms with van der Waals surface area (Å²) in [5.74, 6) is 4.18. The molecule has 0 aromatic heterocycles. The van der Waals surface area contributed by atoms with E-state index in [0.717, 1.165) is 37.9 Å². The molecule has 0 saturated heterocycles. The molecular weight excluding hydrogens is 356 g/mol. The Morgan fingerprint density at radius 3 is 2.69 bits per heavy atom. The van der Waals surface area contributed by atoms with Crippen LogP contribution in [-0.2, 0) is 17.8 Å². The van der Waals surface area contributed by atoms with Crippen molar-refractivity contribution in [2.45, 2.75) is 51.0 Å². The maximum atomic E-state index is 12.6. The number of benzene rings is 2. The topological polar surface area (TPSA) is 26.3 Å². The molecule has 2 heteroatoms. The van der Waals surface area contributed by atoms with Crippen LogP contribution in [0.15, 0.2) is 61.2 Å². The molecule has 3 aliphatic carbocycles. The van der Waals surface area contributed by atoms with Gasteiger partial charge in [0.25, 0.3) is 0 Å². The van der Waals surface area contributed by atoms with Crippen LogP contribution in [0.2, 0.25) is 0 Å². The summed E-state index contributed by atoms with van der Waals surface area (Å²) in [5.41, 5.74) is 4.17. The number of ether oxygens (including phenoxy) is 1. The van der Waals surface area contributed by atoms with Gasteiger partial charge in [0.15, 0.2) is 0 Å². The normalized spacial score (nSPS) is 30.2. The highest BCUT2D eigenvalue weighted by Crippen LogP contribution is 2.56. The Kier molecular flexibility index (Phi) is 5.03. The number of hydrogen-bond donors (Lipinski definition) is 0. The Bertz CT molecular complexity index is 900. The maximum absolute atomic E-state index is 12.6. The van der Waals surface area contributed by atoms with E-state index < -0.39 is 0 Å². The van der Waals surface area contributed by atoms with Crippen molar-refractivity contribution in [2.75, 3.05) is 0 Å². The summed E-state index contributed by atoms with van der Waals surface area (Å²) >= 11 is 0. The molecule has 2 nitrogen and oxygen atoms in total. The van der Waals surface area contributed by atoms with E-state index in [0.29, 0.717) is 42.0 Å². The Morgan fingerprint density at radius 1 is 1.03 bits per heavy atom. The minimum Gasteiger partial charge on any atom is -0.489 e. The monoisotopic (exact) mass is 386 g/mol. The highest BCUT2D eigenvalue weighted by Gasteiger charge is 2.51. The van der Waals surface area contributed by atoms with Crippen LogP contribution in [0.1, 0.15) is 54.7 Å². The van der Waals surface area contributed by atoms with Gasteiger partial charge in [-0.15, -0.1) is 6.58 Å². The van der Waals surface area contributed by atoms with E-state index >= 15 is 0 Å². The molecule has 0 aliphatic heterocycles. The first kappa shape index (κ1) is 18.7. The SMILES string of the molecule is C=CCC1CC(=O)C2CCC3c4ccc(OCc5ccccc5)cc4CCC3C12. The van der Waals surface area contributed by atoms with Gasteiger partial charge in [0.2, 0.25) is 0 Å². The minimum atomic E-state index is 0.316. The lowest BCUT2D eigenvalue weighted by atomic mass is 9.59. The van der Waals surface area contributed by atoms with Crippen LogP contribution in [0.25, 0.3) is 0 Å². The molecule has 150 valence electrons. The van der Waals surface area contributed by atoms with Crippen LogP contribution in [0, 0.1) is 23.7 Å². The van der Waals surface area contributed by atoms with Crippen molar-refractivity contribution < 1.29 is 9.53 Å². The van der Waals surface area contributed by atoms with Crippen LogP contribution in [0.3, 0.4) is 0 Å². The molecule has 29 heavy (non-hydrogen) atoms. The predicted molar refractivity (Wildman–Crippen MR) is 116 cm³/mol. The predicted octanol–water partition coefficient (Wildman–Crippen LogP) is 6.10. The van der Waals surface area contributed by atoms with E-state index in [9.17, 15) is 4.79 Å². The van der Waals surface area contributed by atoms with Gasteiger partial charge >= 0.3 is 0 Å². The highest BCUT2D eigenvalue weighted by atomic mass is 16.5. The number of carbonyl (C=O) groups excluding carboxylic acids is 1. The molecule has 2 aromatic rings. The van der Waals surface area contributed by atoms with Gasteiger partial charge in [-0.3, -0.25) is 4.79 Å². The van der Waals surface area contributed by atoms with Gasteiger partial charge in [0.05, 0.1) is 0 Å². The molecule has 0 bridgehead atoms. The Morgan fingerprint density at radius 2 is 1.86 bits per heavy atom. The third kappa shape index (κ3) is 3.43. The maximum Gasteiger partial charge on any atom is 0.136 e. The number of Topliss-reactive ketones (excluding diaryl/α,β-unsaturated/α-hetero) is 1. The summed E-state index contributed by atoms with van der Waals surface area (Å²) in [7, 11) is 0. The standard InChI is InChI=1S/C27H30O2/c1-2-6-20-16-26(28)25-14-13-23-22-12-10-21(29-17-18-7-4-3-5-8-18)15-19(22)9-11-24(23)27(20)25/h2-5,7-8,10,12,15,20,23-25,27H,1,6,9,11,13-14,16-17H2. The molecule has 0 spiro atoms. The van der Waals surface area contributed by atoms with E-state index in [-0.39, 0.29) is 0 Å². The average Bonchev–Trinajstić information content (AvgIpc) is 3.08. The molecule has 5 rings (SSSR count). The Labute approximate surface area is 174 Å². The van der Waals surface area contributed by atoms with Gasteiger partial charge in [0.1, 0.15) is 18.1 Å². The van der Waals surface area contributed by atoms with Gasteiger partial charge < -0.3 is 4.74 Å². The molecular formula is C27H30O2. The van der Waals surface area contributed by atoms with Crippen LogP contribution in [-0.4, -0.2) is 5.78 Å². The van der Waals surface area contributed by atoms with Crippen molar-refractivity contribution in [3.8, 4) is 5.75 Å². The molecule has 2 aromatic carbocycles.